The maximum Gasteiger partial charge on any atom is 0.243 e. The molecule has 1 aliphatic heterocycles. The highest BCUT2D eigenvalue weighted by molar-refractivity contribution is 5.87. The predicted molar refractivity (Wildman–Crippen MR) is 93.1 cm³/mol. The highest BCUT2D eigenvalue weighted by Crippen LogP contribution is 2.19. The van der Waals surface area contributed by atoms with Crippen molar-refractivity contribution in [2.45, 2.75) is 53.5 Å². The Labute approximate surface area is 139 Å². The van der Waals surface area contributed by atoms with Gasteiger partial charge in [0.1, 0.15) is 5.82 Å². The first kappa shape index (κ1) is 17.7. The van der Waals surface area contributed by atoms with E-state index in [-0.39, 0.29) is 5.91 Å². The molecule has 2 heterocycles. The summed E-state index contributed by atoms with van der Waals surface area (Å²) >= 11 is 0. The molecule has 1 aromatic rings. The Bertz CT molecular complexity index is 557. The zero-order valence-corrected chi connectivity index (χ0v) is 14.9. The summed E-state index contributed by atoms with van der Waals surface area (Å²) in [7, 11) is 0. The van der Waals surface area contributed by atoms with Crippen LogP contribution in [0.25, 0.3) is 0 Å². The van der Waals surface area contributed by atoms with Crippen molar-refractivity contribution in [2.75, 3.05) is 19.6 Å². The normalized spacial score (nSPS) is 18.7. The monoisotopic (exact) mass is 318 g/mol. The minimum absolute atomic E-state index is 0.0258. The van der Waals surface area contributed by atoms with Gasteiger partial charge in [0.2, 0.25) is 5.91 Å². The van der Waals surface area contributed by atoms with Gasteiger partial charge in [-0.05, 0) is 46.1 Å². The van der Waals surface area contributed by atoms with E-state index in [0.29, 0.717) is 5.92 Å². The van der Waals surface area contributed by atoms with Crippen LogP contribution in [0.15, 0.2) is 11.6 Å². The minimum Gasteiger partial charge on any atom is -0.352 e. The summed E-state index contributed by atoms with van der Waals surface area (Å²) in [4.78, 5) is 22.2. The van der Waals surface area contributed by atoms with Crippen LogP contribution < -0.4 is 5.32 Å². The topological polar surface area (TPSA) is 61.0 Å². The molecule has 2 rings (SSSR count). The van der Waals surface area contributed by atoms with Gasteiger partial charge in [-0.25, -0.2) is 4.98 Å². The van der Waals surface area contributed by atoms with E-state index in [1.54, 1.807) is 6.08 Å². The Morgan fingerprint density at radius 1 is 1.48 bits per heavy atom. The Morgan fingerprint density at radius 3 is 2.91 bits per heavy atom. The van der Waals surface area contributed by atoms with E-state index in [1.807, 2.05) is 13.8 Å². The second-order valence-corrected chi connectivity index (χ2v) is 6.82. The summed E-state index contributed by atoms with van der Waals surface area (Å²) < 4.78 is 0. The van der Waals surface area contributed by atoms with E-state index < -0.39 is 0 Å². The molecule has 0 unspecified atom stereocenters. The standard InChI is InChI=1S/C18H30N4O/c1-5-17-20-14(4)16(21-17)12-22-8-6-7-15(11-22)10-19-18(23)9-13(2)3/h9,15H,5-8,10-12H2,1-4H3,(H,19,23)(H,20,21)/t15-/m0/s1. The summed E-state index contributed by atoms with van der Waals surface area (Å²) in [5, 5.41) is 3.03. The summed E-state index contributed by atoms with van der Waals surface area (Å²) in [6.07, 6.45) is 4.98. The maximum absolute atomic E-state index is 11.7. The summed E-state index contributed by atoms with van der Waals surface area (Å²) in [6, 6.07) is 0. The van der Waals surface area contributed by atoms with Gasteiger partial charge in [-0.1, -0.05) is 12.5 Å². The quantitative estimate of drug-likeness (QED) is 0.793. The van der Waals surface area contributed by atoms with Crippen LogP contribution >= 0.6 is 0 Å². The molecule has 0 aromatic carbocycles. The number of amides is 1. The molecule has 1 aliphatic rings. The number of carbonyl (C=O) groups excluding carboxylic acids is 1. The lowest BCUT2D eigenvalue weighted by molar-refractivity contribution is -0.116. The third kappa shape index (κ3) is 5.50. The highest BCUT2D eigenvalue weighted by atomic mass is 16.1. The van der Waals surface area contributed by atoms with Crippen LogP contribution in [-0.2, 0) is 17.8 Å². The van der Waals surface area contributed by atoms with Crippen LogP contribution in [-0.4, -0.2) is 40.4 Å². The van der Waals surface area contributed by atoms with Gasteiger partial charge in [0.15, 0.2) is 0 Å². The Balaban J connectivity index is 1.84. The van der Waals surface area contributed by atoms with Crippen molar-refractivity contribution in [2.24, 2.45) is 5.92 Å². The smallest absolute Gasteiger partial charge is 0.243 e. The lowest BCUT2D eigenvalue weighted by Crippen LogP contribution is -2.40. The van der Waals surface area contributed by atoms with Crippen molar-refractivity contribution in [1.82, 2.24) is 20.2 Å². The number of nitrogens with one attached hydrogen (secondary N) is 2. The summed E-state index contributed by atoms with van der Waals surface area (Å²) in [6.45, 7) is 11.9. The van der Waals surface area contributed by atoms with Crippen LogP contribution in [0.1, 0.15) is 50.8 Å². The van der Waals surface area contributed by atoms with E-state index in [1.165, 1.54) is 18.5 Å². The Kier molecular flexibility index (Phi) is 6.39. The van der Waals surface area contributed by atoms with Crippen molar-refractivity contribution in [3.8, 4) is 0 Å². The van der Waals surface area contributed by atoms with Gasteiger partial charge in [0.05, 0.1) is 5.69 Å². The lowest BCUT2D eigenvalue weighted by atomic mass is 9.97. The van der Waals surface area contributed by atoms with Gasteiger partial charge in [0, 0.05) is 37.8 Å². The zero-order valence-electron chi connectivity index (χ0n) is 14.9. The van der Waals surface area contributed by atoms with Crippen molar-refractivity contribution < 1.29 is 4.79 Å². The zero-order chi connectivity index (χ0) is 16.8. The van der Waals surface area contributed by atoms with Gasteiger partial charge in [0.25, 0.3) is 0 Å². The first-order valence-electron chi connectivity index (χ1n) is 8.67. The third-order valence-corrected chi connectivity index (χ3v) is 4.33. The molecule has 2 N–H and O–H groups in total. The predicted octanol–water partition coefficient (Wildman–Crippen LogP) is 2.57. The molecule has 128 valence electrons. The van der Waals surface area contributed by atoms with Crippen LogP contribution in [0, 0.1) is 12.8 Å². The molecule has 1 atom stereocenters. The van der Waals surface area contributed by atoms with Crippen LogP contribution in [0.4, 0.5) is 0 Å². The van der Waals surface area contributed by atoms with Gasteiger partial charge in [-0.15, -0.1) is 0 Å². The summed E-state index contributed by atoms with van der Waals surface area (Å²) in [5.41, 5.74) is 3.38. The molecule has 1 amide bonds. The van der Waals surface area contributed by atoms with E-state index in [0.717, 1.165) is 49.7 Å². The molecule has 0 spiro atoms. The van der Waals surface area contributed by atoms with Gasteiger partial charge in [-0.3, -0.25) is 9.69 Å². The Morgan fingerprint density at radius 2 is 2.26 bits per heavy atom. The van der Waals surface area contributed by atoms with Crippen LogP contribution in [0.3, 0.4) is 0 Å². The average molecular weight is 318 g/mol. The van der Waals surface area contributed by atoms with Gasteiger partial charge >= 0.3 is 0 Å². The molecular weight excluding hydrogens is 288 g/mol. The second kappa shape index (κ2) is 8.29. The molecule has 0 aliphatic carbocycles. The number of piperidine rings is 1. The molecular formula is C18H30N4O. The molecule has 1 fully saturated rings. The number of aryl methyl sites for hydroxylation is 2. The van der Waals surface area contributed by atoms with Crippen LogP contribution in [0.5, 0.6) is 0 Å². The fourth-order valence-electron chi connectivity index (χ4n) is 3.12. The van der Waals surface area contributed by atoms with E-state index in [2.05, 4.69) is 34.0 Å². The van der Waals surface area contributed by atoms with Crippen molar-refractivity contribution in [3.63, 3.8) is 0 Å². The number of likely N-dealkylation sites (tertiary alicyclic amines) is 1. The number of carbonyl (C=O) groups is 1. The fourth-order valence-corrected chi connectivity index (χ4v) is 3.12. The number of aromatic amines is 1. The molecule has 0 radical (unpaired) electrons. The number of allylic oxidation sites excluding steroid dienone is 1. The molecule has 1 aromatic heterocycles. The van der Waals surface area contributed by atoms with Crippen molar-refractivity contribution in [1.29, 1.82) is 0 Å². The second-order valence-electron chi connectivity index (χ2n) is 6.82. The maximum atomic E-state index is 11.7. The average Bonchev–Trinajstić information content (AvgIpc) is 2.85. The first-order chi connectivity index (χ1) is 11.0. The first-order valence-corrected chi connectivity index (χ1v) is 8.67. The molecule has 23 heavy (non-hydrogen) atoms. The molecule has 5 nitrogen and oxygen atoms in total. The van der Waals surface area contributed by atoms with Crippen LogP contribution in [0.2, 0.25) is 0 Å². The number of imidazole rings is 1. The van der Waals surface area contributed by atoms with Gasteiger partial charge < -0.3 is 10.3 Å². The molecule has 1 saturated heterocycles. The number of hydrogen-bond donors (Lipinski definition) is 2. The van der Waals surface area contributed by atoms with E-state index in [4.69, 9.17) is 0 Å². The minimum atomic E-state index is 0.0258. The number of aromatic nitrogens is 2. The number of H-pyrrole nitrogens is 1. The largest absolute Gasteiger partial charge is 0.352 e. The SMILES string of the molecule is CCc1nc(CN2CCC[C@@H](CNC(=O)C=C(C)C)C2)c(C)[nH]1. The van der Waals surface area contributed by atoms with Crippen molar-refractivity contribution >= 4 is 5.91 Å². The molecule has 0 bridgehead atoms. The number of rotatable bonds is 6. The number of nitrogens with zero attached hydrogens (tertiary/aromatic N) is 2. The Hall–Kier alpha value is -1.62. The third-order valence-electron chi connectivity index (χ3n) is 4.33. The fraction of sp³-hybridized carbons (Fsp3) is 0.667. The molecule has 0 saturated carbocycles. The summed E-state index contributed by atoms with van der Waals surface area (Å²) in [5.74, 6) is 1.63. The van der Waals surface area contributed by atoms with E-state index in [9.17, 15) is 4.79 Å². The van der Waals surface area contributed by atoms with Crippen molar-refractivity contribution in [3.05, 3.63) is 28.9 Å². The highest BCUT2D eigenvalue weighted by Gasteiger charge is 2.21. The molecule has 5 heteroatoms. The lowest BCUT2D eigenvalue weighted by Gasteiger charge is -2.32. The number of hydrogen-bond acceptors (Lipinski definition) is 3. The van der Waals surface area contributed by atoms with E-state index >= 15 is 0 Å². The van der Waals surface area contributed by atoms with Gasteiger partial charge in [-0.2, -0.15) is 0 Å².